The summed E-state index contributed by atoms with van der Waals surface area (Å²) in [5.74, 6) is 0.813. The number of fused-ring (bicyclic) bond motifs is 1. The third-order valence-electron chi connectivity index (χ3n) is 4.68. The summed E-state index contributed by atoms with van der Waals surface area (Å²) >= 11 is 0. The lowest BCUT2D eigenvalue weighted by molar-refractivity contribution is -0.121. The molecular formula is C21H20N4O5. The third-order valence-corrected chi connectivity index (χ3v) is 4.68. The second-order valence-corrected chi connectivity index (χ2v) is 6.57. The topological polar surface area (TPSA) is 107 Å². The monoisotopic (exact) mass is 408 g/mol. The molecule has 9 nitrogen and oxygen atoms in total. The van der Waals surface area contributed by atoms with E-state index in [9.17, 15) is 9.59 Å². The van der Waals surface area contributed by atoms with Crippen molar-refractivity contribution in [2.45, 2.75) is 13.5 Å². The quantitative estimate of drug-likeness (QED) is 0.667. The highest BCUT2D eigenvalue weighted by Gasteiger charge is 2.25. The first-order valence-electron chi connectivity index (χ1n) is 9.41. The number of nitrogens with one attached hydrogen (secondary N) is 1. The van der Waals surface area contributed by atoms with Gasteiger partial charge in [-0.1, -0.05) is 17.3 Å². The summed E-state index contributed by atoms with van der Waals surface area (Å²) in [6.45, 7) is 2.72. The minimum Gasteiger partial charge on any atom is -0.497 e. The minimum absolute atomic E-state index is 0.0194. The fourth-order valence-electron chi connectivity index (χ4n) is 3.16. The minimum atomic E-state index is -0.478. The van der Waals surface area contributed by atoms with Crippen molar-refractivity contribution in [2.24, 2.45) is 0 Å². The molecule has 0 atom stereocenters. The molecule has 2 heterocycles. The number of benzene rings is 2. The number of methoxy groups -OCH3 is 1. The molecule has 0 saturated carbocycles. The summed E-state index contributed by atoms with van der Waals surface area (Å²) in [6.07, 6.45) is 0. The van der Waals surface area contributed by atoms with Crippen LogP contribution in [0.25, 0.3) is 11.4 Å². The van der Waals surface area contributed by atoms with Gasteiger partial charge in [0.15, 0.2) is 6.61 Å². The molecule has 1 N–H and O–H groups in total. The Morgan fingerprint density at radius 1 is 1.27 bits per heavy atom. The molecule has 9 heteroatoms. The lowest BCUT2D eigenvalue weighted by Crippen LogP contribution is -2.38. The van der Waals surface area contributed by atoms with Crippen LogP contribution in [-0.4, -0.2) is 42.2 Å². The van der Waals surface area contributed by atoms with Gasteiger partial charge in [-0.15, -0.1) is 0 Å². The Balaban J connectivity index is 1.47. The van der Waals surface area contributed by atoms with Crippen LogP contribution in [0.4, 0.5) is 5.69 Å². The predicted molar refractivity (Wildman–Crippen MR) is 107 cm³/mol. The van der Waals surface area contributed by atoms with Crippen LogP contribution < -0.4 is 19.7 Å². The Bertz CT molecular complexity index is 1090. The zero-order valence-electron chi connectivity index (χ0n) is 16.5. The van der Waals surface area contributed by atoms with Gasteiger partial charge in [0, 0.05) is 18.7 Å². The van der Waals surface area contributed by atoms with Crippen LogP contribution in [0.15, 0.2) is 47.0 Å². The van der Waals surface area contributed by atoms with E-state index >= 15 is 0 Å². The number of amides is 2. The van der Waals surface area contributed by atoms with E-state index in [1.54, 1.807) is 30.2 Å². The van der Waals surface area contributed by atoms with E-state index in [0.29, 0.717) is 35.8 Å². The van der Waals surface area contributed by atoms with Gasteiger partial charge in [-0.3, -0.25) is 9.59 Å². The van der Waals surface area contributed by atoms with Gasteiger partial charge in [0.05, 0.1) is 12.8 Å². The summed E-state index contributed by atoms with van der Waals surface area (Å²) in [5, 5.41) is 6.63. The molecule has 30 heavy (non-hydrogen) atoms. The van der Waals surface area contributed by atoms with Crippen LogP contribution in [0.3, 0.4) is 0 Å². The maximum atomic E-state index is 12.4. The molecule has 1 aromatic heterocycles. The molecule has 0 radical (unpaired) electrons. The number of hydrogen-bond acceptors (Lipinski definition) is 7. The van der Waals surface area contributed by atoms with E-state index < -0.39 is 5.91 Å². The molecule has 0 bridgehead atoms. The van der Waals surface area contributed by atoms with Gasteiger partial charge in [-0.2, -0.15) is 4.98 Å². The zero-order valence-corrected chi connectivity index (χ0v) is 16.5. The molecule has 0 fully saturated rings. The number of rotatable bonds is 6. The van der Waals surface area contributed by atoms with E-state index in [2.05, 4.69) is 15.5 Å². The average Bonchev–Trinajstić information content (AvgIpc) is 3.28. The molecule has 0 aliphatic carbocycles. The van der Waals surface area contributed by atoms with Crippen LogP contribution in [0.5, 0.6) is 11.5 Å². The van der Waals surface area contributed by atoms with Crippen LogP contribution in [0, 0.1) is 0 Å². The van der Waals surface area contributed by atoms with E-state index in [4.69, 9.17) is 14.0 Å². The van der Waals surface area contributed by atoms with Crippen LogP contribution >= 0.6 is 0 Å². The molecule has 1 aliphatic heterocycles. The molecule has 4 rings (SSSR count). The van der Waals surface area contributed by atoms with E-state index in [1.807, 2.05) is 31.2 Å². The van der Waals surface area contributed by atoms with Crippen LogP contribution in [0.1, 0.15) is 23.2 Å². The number of aromatic nitrogens is 2. The Morgan fingerprint density at radius 2 is 2.13 bits per heavy atom. The number of ether oxygens (including phenoxy) is 2. The van der Waals surface area contributed by atoms with Crippen molar-refractivity contribution < 1.29 is 23.6 Å². The van der Waals surface area contributed by atoms with Crippen molar-refractivity contribution in [3.63, 3.8) is 0 Å². The largest absolute Gasteiger partial charge is 0.497 e. The highest BCUT2D eigenvalue weighted by molar-refractivity contribution is 5.98. The lowest BCUT2D eigenvalue weighted by atomic mass is 10.1. The molecule has 0 saturated heterocycles. The number of likely N-dealkylation sites (N-methyl/N-ethyl adjacent to an activating group) is 1. The number of anilines is 1. The Hall–Kier alpha value is -3.88. The lowest BCUT2D eigenvalue weighted by Gasteiger charge is -2.28. The summed E-state index contributed by atoms with van der Waals surface area (Å²) in [7, 11) is 1.58. The SMILES string of the molecule is CCN1C(=O)COc2cc(-c3noc(C(=O)NCc4cccc(OC)c4)n3)ccc21. The normalized spacial score (nSPS) is 12.9. The number of nitrogens with zero attached hydrogens (tertiary/aromatic N) is 3. The highest BCUT2D eigenvalue weighted by Crippen LogP contribution is 2.35. The van der Waals surface area contributed by atoms with Gasteiger partial charge in [0.1, 0.15) is 11.5 Å². The Labute approximate surface area is 172 Å². The van der Waals surface area contributed by atoms with Crippen molar-refractivity contribution in [3.05, 3.63) is 53.9 Å². The second kappa shape index (κ2) is 8.24. The fourth-order valence-corrected chi connectivity index (χ4v) is 3.16. The fraction of sp³-hybridized carbons (Fsp3) is 0.238. The summed E-state index contributed by atoms with van der Waals surface area (Å²) in [5.41, 5.74) is 2.19. The summed E-state index contributed by atoms with van der Waals surface area (Å²) in [6, 6.07) is 12.6. The molecule has 154 valence electrons. The third kappa shape index (κ3) is 3.82. The molecule has 1 aliphatic rings. The maximum absolute atomic E-state index is 12.4. The van der Waals surface area contributed by atoms with Crippen molar-refractivity contribution >= 4 is 17.5 Å². The van der Waals surface area contributed by atoms with Gasteiger partial charge >= 0.3 is 11.8 Å². The van der Waals surface area contributed by atoms with E-state index in [-0.39, 0.29) is 24.2 Å². The van der Waals surface area contributed by atoms with Gasteiger partial charge in [-0.05, 0) is 42.8 Å². The first kappa shape index (κ1) is 19.4. The number of hydrogen-bond donors (Lipinski definition) is 1. The van der Waals surface area contributed by atoms with Gasteiger partial charge in [0.25, 0.3) is 5.91 Å². The Morgan fingerprint density at radius 3 is 2.93 bits per heavy atom. The zero-order chi connectivity index (χ0) is 21.1. The van der Waals surface area contributed by atoms with E-state index in [0.717, 1.165) is 5.56 Å². The maximum Gasteiger partial charge on any atom is 0.316 e. The first-order chi connectivity index (χ1) is 14.6. The number of carbonyl (C=O) groups is 2. The molecule has 0 spiro atoms. The van der Waals surface area contributed by atoms with Crippen LogP contribution in [0.2, 0.25) is 0 Å². The molecule has 2 aromatic carbocycles. The van der Waals surface area contributed by atoms with Crippen LogP contribution in [-0.2, 0) is 11.3 Å². The average molecular weight is 408 g/mol. The van der Waals surface area contributed by atoms with E-state index in [1.165, 1.54) is 0 Å². The first-order valence-corrected chi connectivity index (χ1v) is 9.41. The number of carbonyl (C=O) groups excluding carboxylic acids is 2. The van der Waals surface area contributed by atoms with Crippen molar-refractivity contribution in [1.29, 1.82) is 0 Å². The van der Waals surface area contributed by atoms with Gasteiger partial charge in [-0.25, -0.2) is 0 Å². The van der Waals surface area contributed by atoms with Crippen molar-refractivity contribution in [2.75, 3.05) is 25.2 Å². The Kier molecular flexibility index (Phi) is 5.34. The van der Waals surface area contributed by atoms with Crippen molar-refractivity contribution in [3.8, 4) is 22.9 Å². The molecule has 0 unspecified atom stereocenters. The smallest absolute Gasteiger partial charge is 0.316 e. The second-order valence-electron chi connectivity index (χ2n) is 6.57. The summed E-state index contributed by atoms with van der Waals surface area (Å²) in [4.78, 5) is 30.1. The van der Waals surface area contributed by atoms with Gasteiger partial charge in [0.2, 0.25) is 5.82 Å². The van der Waals surface area contributed by atoms with Gasteiger partial charge < -0.3 is 24.2 Å². The highest BCUT2D eigenvalue weighted by atomic mass is 16.5. The molecule has 3 aromatic rings. The molecule has 2 amide bonds. The predicted octanol–water partition coefficient (Wildman–Crippen LogP) is 2.42. The molecular weight excluding hydrogens is 388 g/mol. The van der Waals surface area contributed by atoms with Crippen molar-refractivity contribution in [1.82, 2.24) is 15.5 Å². The summed E-state index contributed by atoms with van der Waals surface area (Å²) < 4.78 is 15.8. The standard InChI is InChI=1S/C21H20N4O5/c1-3-25-16-8-7-14(10-17(16)29-12-18(25)26)19-23-21(30-24-19)20(27)22-11-13-5-4-6-15(9-13)28-2/h4-10H,3,11-12H2,1-2H3,(H,22,27).